The van der Waals surface area contributed by atoms with Gasteiger partial charge in [0.2, 0.25) is 0 Å². The summed E-state index contributed by atoms with van der Waals surface area (Å²) in [5, 5.41) is 6.97. The highest BCUT2D eigenvalue weighted by molar-refractivity contribution is 4.84. The first-order valence-corrected chi connectivity index (χ1v) is 3.89. The summed E-state index contributed by atoms with van der Waals surface area (Å²) >= 11 is 0. The molecule has 3 aliphatic heterocycles. The van der Waals surface area contributed by atoms with E-state index in [0.717, 1.165) is 12.0 Å². The van der Waals surface area contributed by atoms with Crippen molar-refractivity contribution in [1.29, 1.82) is 0 Å². The summed E-state index contributed by atoms with van der Waals surface area (Å²) in [7, 11) is 0. The molecular formula is C7H14N2. The Morgan fingerprint density at radius 1 is 1.00 bits per heavy atom. The molecule has 0 amide bonds. The fraction of sp³-hybridized carbons (Fsp3) is 1.00. The van der Waals surface area contributed by atoms with Gasteiger partial charge in [0.1, 0.15) is 0 Å². The van der Waals surface area contributed by atoms with Gasteiger partial charge in [0.05, 0.1) is 0 Å². The van der Waals surface area contributed by atoms with Gasteiger partial charge in [-0.25, -0.2) is 0 Å². The Morgan fingerprint density at radius 3 is 2.78 bits per heavy atom. The van der Waals surface area contributed by atoms with Gasteiger partial charge in [-0.3, -0.25) is 0 Å². The average molecular weight is 126 g/mol. The van der Waals surface area contributed by atoms with E-state index in [1.165, 1.54) is 32.5 Å². The highest BCUT2D eigenvalue weighted by Crippen LogP contribution is 2.15. The van der Waals surface area contributed by atoms with Crippen molar-refractivity contribution in [3.63, 3.8) is 0 Å². The first-order valence-electron chi connectivity index (χ1n) is 3.89. The molecule has 2 unspecified atom stereocenters. The second-order valence-corrected chi connectivity index (χ2v) is 3.21. The SMILES string of the molecule is C1CC2CNCC1CN2. The molecule has 3 fully saturated rings. The molecule has 2 heteroatoms. The number of nitrogens with one attached hydrogen (secondary N) is 2. The summed E-state index contributed by atoms with van der Waals surface area (Å²) in [6.07, 6.45) is 2.82. The summed E-state index contributed by atoms with van der Waals surface area (Å²) in [5.74, 6) is 0.920. The Balaban J connectivity index is 2.03. The zero-order valence-electron chi connectivity index (χ0n) is 5.69. The van der Waals surface area contributed by atoms with Crippen molar-refractivity contribution in [2.45, 2.75) is 18.9 Å². The van der Waals surface area contributed by atoms with Crippen molar-refractivity contribution in [2.75, 3.05) is 19.6 Å². The highest BCUT2D eigenvalue weighted by Gasteiger charge is 2.23. The van der Waals surface area contributed by atoms with Crippen LogP contribution in [0.25, 0.3) is 0 Å². The monoisotopic (exact) mass is 126 g/mol. The lowest BCUT2D eigenvalue weighted by Crippen LogP contribution is -2.38. The van der Waals surface area contributed by atoms with Gasteiger partial charge in [0.25, 0.3) is 0 Å². The van der Waals surface area contributed by atoms with Crippen LogP contribution >= 0.6 is 0 Å². The Kier molecular flexibility index (Phi) is 1.44. The van der Waals surface area contributed by atoms with E-state index in [-0.39, 0.29) is 0 Å². The van der Waals surface area contributed by atoms with Crippen molar-refractivity contribution < 1.29 is 0 Å². The lowest BCUT2D eigenvalue weighted by molar-refractivity contribution is 0.359. The van der Waals surface area contributed by atoms with E-state index in [2.05, 4.69) is 10.6 Å². The standard InChI is InChI=1S/C7H14N2/c1-2-7-5-8-3-6(1)4-9-7/h6-9H,1-5H2. The van der Waals surface area contributed by atoms with Gasteiger partial charge in [-0.2, -0.15) is 0 Å². The minimum atomic E-state index is 0.781. The van der Waals surface area contributed by atoms with E-state index in [1.54, 1.807) is 0 Å². The first-order chi connectivity index (χ1) is 4.45. The van der Waals surface area contributed by atoms with Crippen LogP contribution in [0.5, 0.6) is 0 Å². The Bertz CT molecular complexity index is 77.6. The Hall–Kier alpha value is -0.0800. The largest absolute Gasteiger partial charge is 0.315 e. The number of piperidine rings is 1. The summed E-state index contributed by atoms with van der Waals surface area (Å²) in [5.41, 5.74) is 0. The quantitative estimate of drug-likeness (QED) is 0.476. The molecule has 0 spiro atoms. The van der Waals surface area contributed by atoms with Crippen molar-refractivity contribution in [3.8, 4) is 0 Å². The average Bonchev–Trinajstić information content (AvgIpc) is 2.21. The molecule has 3 rings (SSSR count). The van der Waals surface area contributed by atoms with Crippen LogP contribution in [0.15, 0.2) is 0 Å². The molecule has 2 N–H and O–H groups in total. The normalized spacial score (nSPS) is 42.7. The molecule has 9 heavy (non-hydrogen) atoms. The molecule has 0 aromatic carbocycles. The summed E-state index contributed by atoms with van der Waals surface area (Å²) < 4.78 is 0. The summed E-state index contributed by atoms with van der Waals surface area (Å²) in [4.78, 5) is 0. The van der Waals surface area contributed by atoms with Crippen molar-refractivity contribution in [1.82, 2.24) is 10.6 Å². The van der Waals surface area contributed by atoms with Crippen LogP contribution in [-0.4, -0.2) is 25.7 Å². The maximum atomic E-state index is 3.52. The molecule has 3 aliphatic rings. The summed E-state index contributed by atoms with van der Waals surface area (Å²) in [6.45, 7) is 3.68. The molecule has 3 saturated heterocycles. The second-order valence-electron chi connectivity index (χ2n) is 3.21. The van der Waals surface area contributed by atoms with E-state index in [0.29, 0.717) is 0 Å². The third kappa shape index (κ3) is 1.10. The van der Waals surface area contributed by atoms with Crippen LogP contribution in [-0.2, 0) is 0 Å². The van der Waals surface area contributed by atoms with Crippen LogP contribution in [0.2, 0.25) is 0 Å². The molecule has 0 radical (unpaired) electrons. The van der Waals surface area contributed by atoms with Gasteiger partial charge in [-0.15, -0.1) is 0 Å². The summed E-state index contributed by atoms with van der Waals surface area (Å²) in [6, 6.07) is 0.781. The third-order valence-corrected chi connectivity index (χ3v) is 2.44. The van der Waals surface area contributed by atoms with E-state index in [1.807, 2.05) is 0 Å². The Labute approximate surface area is 56.0 Å². The van der Waals surface area contributed by atoms with Crippen LogP contribution in [0.4, 0.5) is 0 Å². The molecule has 52 valence electrons. The molecular weight excluding hydrogens is 112 g/mol. The van der Waals surface area contributed by atoms with Crippen LogP contribution in [0, 0.1) is 5.92 Å². The topological polar surface area (TPSA) is 24.1 Å². The minimum absolute atomic E-state index is 0.781. The van der Waals surface area contributed by atoms with Crippen molar-refractivity contribution in [3.05, 3.63) is 0 Å². The van der Waals surface area contributed by atoms with E-state index < -0.39 is 0 Å². The van der Waals surface area contributed by atoms with Gasteiger partial charge in [-0.1, -0.05) is 0 Å². The Morgan fingerprint density at radius 2 is 2.00 bits per heavy atom. The van der Waals surface area contributed by atoms with E-state index in [9.17, 15) is 0 Å². The van der Waals surface area contributed by atoms with Crippen molar-refractivity contribution >= 4 is 0 Å². The molecule has 2 bridgehead atoms. The third-order valence-electron chi connectivity index (χ3n) is 2.44. The maximum Gasteiger partial charge on any atom is 0.0192 e. The van der Waals surface area contributed by atoms with Gasteiger partial charge in [0.15, 0.2) is 0 Å². The van der Waals surface area contributed by atoms with Crippen LogP contribution in [0.3, 0.4) is 0 Å². The molecule has 0 aromatic heterocycles. The molecule has 0 aliphatic carbocycles. The van der Waals surface area contributed by atoms with Crippen molar-refractivity contribution in [2.24, 2.45) is 5.92 Å². The van der Waals surface area contributed by atoms with Crippen LogP contribution < -0.4 is 10.6 Å². The lowest BCUT2D eigenvalue weighted by atomic mass is 9.97. The second kappa shape index (κ2) is 2.27. The van der Waals surface area contributed by atoms with E-state index in [4.69, 9.17) is 0 Å². The predicted molar refractivity (Wildman–Crippen MR) is 37.4 cm³/mol. The molecule has 3 heterocycles. The van der Waals surface area contributed by atoms with Gasteiger partial charge >= 0.3 is 0 Å². The minimum Gasteiger partial charge on any atom is -0.315 e. The molecule has 2 nitrogen and oxygen atoms in total. The number of hydrogen-bond donors (Lipinski definition) is 2. The van der Waals surface area contributed by atoms with Crippen LogP contribution in [0.1, 0.15) is 12.8 Å². The maximum absolute atomic E-state index is 3.52. The fourth-order valence-corrected chi connectivity index (χ4v) is 1.78. The van der Waals surface area contributed by atoms with Gasteiger partial charge < -0.3 is 10.6 Å². The smallest absolute Gasteiger partial charge is 0.0192 e. The highest BCUT2D eigenvalue weighted by atomic mass is 15.0. The number of hydrogen-bond acceptors (Lipinski definition) is 2. The fourth-order valence-electron chi connectivity index (χ4n) is 1.78. The molecule has 0 aromatic rings. The number of rotatable bonds is 0. The van der Waals surface area contributed by atoms with Gasteiger partial charge in [0, 0.05) is 12.6 Å². The van der Waals surface area contributed by atoms with E-state index >= 15 is 0 Å². The zero-order valence-corrected chi connectivity index (χ0v) is 5.69. The molecule has 0 saturated carbocycles. The first kappa shape index (κ1) is 5.69. The lowest BCUT2D eigenvalue weighted by Gasteiger charge is -2.23. The zero-order chi connectivity index (χ0) is 6.10. The molecule has 2 atom stereocenters. The number of fused-ring (bicyclic) bond motifs is 4. The van der Waals surface area contributed by atoms with Gasteiger partial charge in [-0.05, 0) is 31.8 Å². The predicted octanol–water partition coefficient (Wildman–Crippen LogP) is -0.0422.